The van der Waals surface area contributed by atoms with Gasteiger partial charge in [0.15, 0.2) is 0 Å². The average molecular weight is 555 g/mol. The number of nitrogens with one attached hydrogen (secondary N) is 1. The Balaban J connectivity index is 1.88. The molecule has 1 aliphatic carbocycles. The van der Waals surface area contributed by atoms with E-state index in [1.54, 1.807) is 0 Å². The normalized spacial score (nSPS) is 14.9. The van der Waals surface area contributed by atoms with Crippen LogP contribution in [0.25, 0.3) is 0 Å². The van der Waals surface area contributed by atoms with E-state index in [1.807, 2.05) is 37.3 Å². The SMILES string of the molecule is CC[C@@H](C(=O)NC1CCCC1)N(CCc1ccccc1)C(=O)CN(c1ccc(Cl)cc1Cl)S(C)(=O)=O. The number of nitrogens with zero attached hydrogens (tertiary/aromatic N) is 2. The number of carbonyl (C=O) groups is 2. The molecule has 1 fully saturated rings. The van der Waals surface area contributed by atoms with Gasteiger partial charge in [-0.25, -0.2) is 8.42 Å². The van der Waals surface area contributed by atoms with Crippen LogP contribution in [0.3, 0.4) is 0 Å². The average Bonchev–Trinajstić information content (AvgIpc) is 3.33. The molecule has 196 valence electrons. The minimum Gasteiger partial charge on any atom is -0.352 e. The van der Waals surface area contributed by atoms with Crippen molar-refractivity contribution < 1.29 is 18.0 Å². The van der Waals surface area contributed by atoms with Crippen LogP contribution in [0.2, 0.25) is 10.0 Å². The molecule has 0 aliphatic heterocycles. The van der Waals surface area contributed by atoms with Crippen LogP contribution in [0.5, 0.6) is 0 Å². The van der Waals surface area contributed by atoms with Gasteiger partial charge in [-0.1, -0.05) is 73.3 Å². The molecule has 0 spiro atoms. The van der Waals surface area contributed by atoms with Crippen LogP contribution in [0.15, 0.2) is 48.5 Å². The molecule has 0 radical (unpaired) electrons. The number of carbonyl (C=O) groups excluding carboxylic acids is 2. The van der Waals surface area contributed by atoms with Crippen molar-refractivity contribution in [2.75, 3.05) is 23.7 Å². The molecule has 36 heavy (non-hydrogen) atoms. The third-order valence-corrected chi connectivity index (χ3v) is 8.09. The summed E-state index contributed by atoms with van der Waals surface area (Å²) in [6, 6.07) is 13.5. The number of sulfonamides is 1. The monoisotopic (exact) mass is 553 g/mol. The van der Waals surface area contributed by atoms with Gasteiger partial charge in [0.2, 0.25) is 21.8 Å². The fraction of sp³-hybridized carbons (Fsp3) is 0.462. The summed E-state index contributed by atoms with van der Waals surface area (Å²) in [5, 5.41) is 3.56. The molecule has 0 heterocycles. The van der Waals surface area contributed by atoms with Crippen molar-refractivity contribution in [3.05, 3.63) is 64.1 Å². The standard InChI is InChI=1S/C26H33Cl2N3O4S/c1-3-23(26(33)29-21-11-7-8-12-21)30(16-15-19-9-5-4-6-10-19)25(32)18-31(36(2,34)35)24-14-13-20(27)17-22(24)28/h4-6,9-10,13-14,17,21,23H,3,7-8,11-12,15-16,18H2,1-2H3,(H,29,33)/t23-/m0/s1. The maximum atomic E-state index is 13.7. The first kappa shape index (κ1) is 28.3. The van der Waals surface area contributed by atoms with E-state index in [0.717, 1.165) is 41.8 Å². The number of benzene rings is 2. The Morgan fingerprint density at radius 3 is 2.33 bits per heavy atom. The summed E-state index contributed by atoms with van der Waals surface area (Å²) >= 11 is 12.3. The first-order valence-corrected chi connectivity index (χ1v) is 14.8. The van der Waals surface area contributed by atoms with Gasteiger partial charge in [-0.05, 0) is 49.4 Å². The van der Waals surface area contributed by atoms with Crippen LogP contribution < -0.4 is 9.62 Å². The molecule has 1 aliphatic rings. The van der Waals surface area contributed by atoms with Crippen molar-refractivity contribution in [2.45, 2.75) is 57.5 Å². The van der Waals surface area contributed by atoms with E-state index in [4.69, 9.17) is 23.2 Å². The van der Waals surface area contributed by atoms with Gasteiger partial charge in [0.25, 0.3) is 0 Å². The van der Waals surface area contributed by atoms with E-state index < -0.39 is 28.5 Å². The Bertz CT molecular complexity index is 1160. The summed E-state index contributed by atoms with van der Waals surface area (Å²) < 4.78 is 26.4. The highest BCUT2D eigenvalue weighted by Gasteiger charge is 2.33. The number of rotatable bonds is 11. The van der Waals surface area contributed by atoms with E-state index in [-0.39, 0.29) is 29.2 Å². The Kier molecular flexibility index (Phi) is 10.0. The molecular weight excluding hydrogens is 521 g/mol. The fourth-order valence-corrected chi connectivity index (χ4v) is 5.96. The molecule has 0 aromatic heterocycles. The molecule has 1 N–H and O–H groups in total. The minimum atomic E-state index is -3.86. The zero-order valence-corrected chi connectivity index (χ0v) is 23.0. The van der Waals surface area contributed by atoms with Crippen LogP contribution in [0.1, 0.15) is 44.6 Å². The van der Waals surface area contributed by atoms with Crippen molar-refractivity contribution in [3.63, 3.8) is 0 Å². The molecule has 0 bridgehead atoms. The topological polar surface area (TPSA) is 86.8 Å². The predicted octanol–water partition coefficient (Wildman–Crippen LogP) is 4.67. The molecule has 7 nitrogen and oxygen atoms in total. The number of hydrogen-bond acceptors (Lipinski definition) is 4. The lowest BCUT2D eigenvalue weighted by Gasteiger charge is -2.33. The van der Waals surface area contributed by atoms with E-state index in [0.29, 0.717) is 17.9 Å². The number of halogens is 2. The Hall–Kier alpha value is -2.29. The first-order valence-electron chi connectivity index (χ1n) is 12.2. The second-order valence-corrected chi connectivity index (χ2v) is 11.9. The van der Waals surface area contributed by atoms with Crippen LogP contribution >= 0.6 is 23.2 Å². The van der Waals surface area contributed by atoms with Gasteiger partial charge < -0.3 is 10.2 Å². The summed E-state index contributed by atoms with van der Waals surface area (Å²) in [6.45, 7) is 1.64. The lowest BCUT2D eigenvalue weighted by molar-refractivity contribution is -0.139. The minimum absolute atomic E-state index is 0.109. The van der Waals surface area contributed by atoms with Crippen LogP contribution in [-0.2, 0) is 26.0 Å². The summed E-state index contributed by atoms with van der Waals surface area (Å²) in [4.78, 5) is 28.4. The molecule has 2 aromatic carbocycles. The zero-order chi connectivity index (χ0) is 26.3. The second-order valence-electron chi connectivity index (χ2n) is 9.10. The van der Waals surface area contributed by atoms with Crippen molar-refractivity contribution in [1.29, 1.82) is 0 Å². The quantitative estimate of drug-likeness (QED) is 0.438. The number of anilines is 1. The van der Waals surface area contributed by atoms with E-state index >= 15 is 0 Å². The lowest BCUT2D eigenvalue weighted by Crippen LogP contribution is -2.54. The third-order valence-electron chi connectivity index (χ3n) is 6.43. The van der Waals surface area contributed by atoms with E-state index in [1.165, 1.54) is 23.1 Å². The molecule has 3 rings (SSSR count). The molecule has 1 saturated carbocycles. The summed E-state index contributed by atoms with van der Waals surface area (Å²) in [6.07, 6.45) is 5.95. The van der Waals surface area contributed by atoms with Crippen molar-refractivity contribution in [1.82, 2.24) is 10.2 Å². The van der Waals surface area contributed by atoms with Gasteiger partial charge in [-0.15, -0.1) is 0 Å². The summed E-state index contributed by atoms with van der Waals surface area (Å²) in [5.41, 5.74) is 1.17. The van der Waals surface area contributed by atoms with Gasteiger partial charge in [0.1, 0.15) is 12.6 Å². The van der Waals surface area contributed by atoms with Gasteiger partial charge in [0, 0.05) is 17.6 Å². The Labute approximate surface area is 223 Å². The molecule has 2 amide bonds. The predicted molar refractivity (Wildman–Crippen MR) is 145 cm³/mol. The van der Waals surface area contributed by atoms with Crippen molar-refractivity contribution >= 4 is 50.7 Å². The van der Waals surface area contributed by atoms with Crippen LogP contribution in [0, 0.1) is 0 Å². The molecular formula is C26H33Cl2N3O4S. The summed E-state index contributed by atoms with van der Waals surface area (Å²) in [5.74, 6) is -0.683. The first-order chi connectivity index (χ1) is 17.1. The largest absolute Gasteiger partial charge is 0.352 e. The Morgan fingerprint density at radius 2 is 1.75 bits per heavy atom. The van der Waals surface area contributed by atoms with E-state index in [9.17, 15) is 18.0 Å². The molecule has 0 saturated heterocycles. The van der Waals surface area contributed by atoms with Gasteiger partial charge in [0.05, 0.1) is 17.0 Å². The number of hydrogen-bond donors (Lipinski definition) is 1. The molecule has 2 aromatic rings. The highest BCUT2D eigenvalue weighted by Crippen LogP contribution is 2.30. The van der Waals surface area contributed by atoms with Crippen LogP contribution in [0.4, 0.5) is 5.69 Å². The van der Waals surface area contributed by atoms with Crippen molar-refractivity contribution in [2.24, 2.45) is 0 Å². The molecule has 10 heteroatoms. The van der Waals surface area contributed by atoms with Gasteiger partial charge >= 0.3 is 0 Å². The smallest absolute Gasteiger partial charge is 0.244 e. The lowest BCUT2D eigenvalue weighted by atomic mass is 10.1. The third kappa shape index (κ3) is 7.60. The fourth-order valence-electron chi connectivity index (χ4n) is 4.54. The zero-order valence-electron chi connectivity index (χ0n) is 20.6. The van der Waals surface area contributed by atoms with Crippen molar-refractivity contribution in [3.8, 4) is 0 Å². The van der Waals surface area contributed by atoms with Gasteiger partial charge in [-0.3, -0.25) is 13.9 Å². The highest BCUT2D eigenvalue weighted by molar-refractivity contribution is 7.92. The second kappa shape index (κ2) is 12.8. The number of amides is 2. The summed E-state index contributed by atoms with van der Waals surface area (Å²) in [7, 11) is -3.86. The van der Waals surface area contributed by atoms with Gasteiger partial charge in [-0.2, -0.15) is 0 Å². The maximum absolute atomic E-state index is 13.7. The maximum Gasteiger partial charge on any atom is 0.244 e. The Morgan fingerprint density at radius 1 is 1.08 bits per heavy atom. The molecule has 1 atom stereocenters. The molecule has 0 unspecified atom stereocenters. The highest BCUT2D eigenvalue weighted by atomic mass is 35.5. The van der Waals surface area contributed by atoms with E-state index in [2.05, 4.69) is 5.32 Å². The van der Waals surface area contributed by atoms with Crippen LogP contribution in [-0.4, -0.2) is 56.6 Å².